The maximum absolute atomic E-state index is 4.05. The number of aromatic nitrogens is 1. The van der Waals surface area contributed by atoms with Gasteiger partial charge in [-0.05, 0) is 50.4 Å². The zero-order valence-electron chi connectivity index (χ0n) is 10.5. The predicted molar refractivity (Wildman–Crippen MR) is 68.7 cm³/mol. The van der Waals surface area contributed by atoms with E-state index in [-0.39, 0.29) is 0 Å². The van der Waals surface area contributed by atoms with Crippen molar-refractivity contribution in [2.75, 3.05) is 7.05 Å². The van der Waals surface area contributed by atoms with Crippen molar-refractivity contribution in [3.05, 3.63) is 30.1 Å². The highest BCUT2D eigenvalue weighted by Crippen LogP contribution is 2.34. The molecule has 0 unspecified atom stereocenters. The van der Waals surface area contributed by atoms with Crippen LogP contribution >= 0.6 is 0 Å². The molecular weight excluding hydrogens is 210 g/mol. The lowest BCUT2D eigenvalue weighted by Gasteiger charge is -2.36. The average Bonchev–Trinajstić information content (AvgIpc) is 2.61. The fourth-order valence-electron chi connectivity index (χ4n) is 3.34. The monoisotopic (exact) mass is 231 g/mol. The zero-order valence-corrected chi connectivity index (χ0v) is 10.5. The van der Waals surface area contributed by atoms with E-state index in [1.807, 2.05) is 12.4 Å². The molecule has 2 saturated heterocycles. The SMILES string of the molecule is CN1[C@@H]2CC[C@@H]1CC(NCc1ccncc1)C2. The van der Waals surface area contributed by atoms with Gasteiger partial charge in [-0.2, -0.15) is 0 Å². The lowest BCUT2D eigenvalue weighted by Crippen LogP contribution is -2.46. The lowest BCUT2D eigenvalue weighted by molar-refractivity contribution is 0.148. The second kappa shape index (κ2) is 4.75. The summed E-state index contributed by atoms with van der Waals surface area (Å²) in [5.74, 6) is 0. The third-order valence-corrected chi connectivity index (χ3v) is 4.44. The number of nitrogens with zero attached hydrogens (tertiary/aromatic N) is 2. The molecular formula is C14H21N3. The first-order valence-corrected chi connectivity index (χ1v) is 6.67. The lowest BCUT2D eigenvalue weighted by atomic mass is 9.98. The predicted octanol–water partition coefficient (Wildman–Crippen LogP) is 1.80. The molecule has 0 radical (unpaired) electrons. The largest absolute Gasteiger partial charge is 0.310 e. The van der Waals surface area contributed by atoms with Gasteiger partial charge >= 0.3 is 0 Å². The number of pyridine rings is 1. The summed E-state index contributed by atoms with van der Waals surface area (Å²) in [7, 11) is 2.29. The van der Waals surface area contributed by atoms with Crippen molar-refractivity contribution in [1.82, 2.24) is 15.2 Å². The highest BCUT2D eigenvalue weighted by atomic mass is 15.2. The fourth-order valence-corrected chi connectivity index (χ4v) is 3.34. The smallest absolute Gasteiger partial charge is 0.0271 e. The molecule has 0 aliphatic carbocycles. The van der Waals surface area contributed by atoms with E-state index in [9.17, 15) is 0 Å². The van der Waals surface area contributed by atoms with Gasteiger partial charge in [-0.1, -0.05) is 0 Å². The third-order valence-electron chi connectivity index (χ3n) is 4.44. The fraction of sp³-hybridized carbons (Fsp3) is 0.643. The van der Waals surface area contributed by atoms with Crippen LogP contribution in [-0.2, 0) is 6.54 Å². The standard InChI is InChI=1S/C14H21N3/c1-17-13-2-3-14(17)9-12(8-13)16-10-11-4-6-15-7-5-11/h4-7,12-14,16H,2-3,8-10H2,1H3/t13-,14-/m1/s1. The van der Waals surface area contributed by atoms with Gasteiger partial charge in [-0.3, -0.25) is 4.98 Å². The maximum Gasteiger partial charge on any atom is 0.0271 e. The van der Waals surface area contributed by atoms with Crippen LogP contribution in [0, 0.1) is 0 Å². The van der Waals surface area contributed by atoms with E-state index in [2.05, 4.69) is 34.4 Å². The molecule has 1 aromatic rings. The molecule has 2 atom stereocenters. The van der Waals surface area contributed by atoms with Crippen molar-refractivity contribution in [2.45, 2.75) is 50.4 Å². The van der Waals surface area contributed by atoms with Gasteiger partial charge in [0.2, 0.25) is 0 Å². The summed E-state index contributed by atoms with van der Waals surface area (Å²) < 4.78 is 0. The first-order valence-electron chi connectivity index (χ1n) is 6.67. The number of fused-ring (bicyclic) bond motifs is 2. The Morgan fingerprint density at radius 1 is 1.24 bits per heavy atom. The van der Waals surface area contributed by atoms with Crippen molar-refractivity contribution < 1.29 is 0 Å². The summed E-state index contributed by atoms with van der Waals surface area (Å²) in [6, 6.07) is 6.54. The minimum atomic E-state index is 0.705. The van der Waals surface area contributed by atoms with Gasteiger partial charge in [0.25, 0.3) is 0 Å². The van der Waals surface area contributed by atoms with E-state index < -0.39 is 0 Å². The van der Waals surface area contributed by atoms with Gasteiger partial charge in [-0.15, -0.1) is 0 Å². The number of piperidine rings is 1. The second-order valence-corrected chi connectivity index (χ2v) is 5.46. The van der Waals surface area contributed by atoms with E-state index >= 15 is 0 Å². The first-order chi connectivity index (χ1) is 8.33. The molecule has 3 rings (SSSR count). The molecule has 0 saturated carbocycles. The van der Waals surface area contributed by atoms with Crippen LogP contribution in [0.25, 0.3) is 0 Å². The highest BCUT2D eigenvalue weighted by molar-refractivity contribution is 5.09. The summed E-state index contributed by atoms with van der Waals surface area (Å²) in [5.41, 5.74) is 1.34. The molecule has 0 spiro atoms. The van der Waals surface area contributed by atoms with Gasteiger partial charge in [0, 0.05) is 37.1 Å². The molecule has 2 aliphatic heterocycles. The van der Waals surface area contributed by atoms with E-state index in [4.69, 9.17) is 0 Å². The molecule has 0 amide bonds. The highest BCUT2D eigenvalue weighted by Gasteiger charge is 2.37. The molecule has 17 heavy (non-hydrogen) atoms. The van der Waals surface area contributed by atoms with Crippen LogP contribution in [0.3, 0.4) is 0 Å². The zero-order chi connectivity index (χ0) is 11.7. The van der Waals surface area contributed by atoms with Crippen LogP contribution in [0.1, 0.15) is 31.2 Å². The maximum atomic E-state index is 4.05. The molecule has 3 heterocycles. The summed E-state index contributed by atoms with van der Waals surface area (Å²) >= 11 is 0. The number of hydrogen-bond acceptors (Lipinski definition) is 3. The molecule has 3 nitrogen and oxygen atoms in total. The van der Waals surface area contributed by atoms with Crippen LogP contribution < -0.4 is 5.32 Å². The minimum absolute atomic E-state index is 0.705. The Hall–Kier alpha value is -0.930. The van der Waals surface area contributed by atoms with Crippen LogP contribution in [-0.4, -0.2) is 35.1 Å². The van der Waals surface area contributed by atoms with E-state index in [0.717, 1.165) is 18.6 Å². The Morgan fingerprint density at radius 3 is 2.53 bits per heavy atom. The van der Waals surface area contributed by atoms with Gasteiger partial charge in [0.1, 0.15) is 0 Å². The minimum Gasteiger partial charge on any atom is -0.310 e. The molecule has 0 aromatic carbocycles. The summed E-state index contributed by atoms with van der Waals surface area (Å²) in [5, 5.41) is 3.70. The van der Waals surface area contributed by atoms with E-state index in [1.165, 1.54) is 31.2 Å². The van der Waals surface area contributed by atoms with E-state index in [1.54, 1.807) is 0 Å². The Morgan fingerprint density at radius 2 is 1.88 bits per heavy atom. The topological polar surface area (TPSA) is 28.2 Å². The van der Waals surface area contributed by atoms with Gasteiger partial charge in [-0.25, -0.2) is 0 Å². The summed E-state index contributed by atoms with van der Waals surface area (Å²) in [6.45, 7) is 0.982. The molecule has 2 aliphatic rings. The number of rotatable bonds is 3. The van der Waals surface area contributed by atoms with Crippen molar-refractivity contribution in [1.29, 1.82) is 0 Å². The average molecular weight is 231 g/mol. The molecule has 1 N–H and O–H groups in total. The quantitative estimate of drug-likeness (QED) is 0.859. The van der Waals surface area contributed by atoms with Gasteiger partial charge in [0.05, 0.1) is 0 Å². The number of nitrogens with one attached hydrogen (secondary N) is 1. The Kier molecular flexibility index (Phi) is 3.12. The van der Waals surface area contributed by atoms with Crippen LogP contribution in [0.15, 0.2) is 24.5 Å². The molecule has 1 aromatic heterocycles. The molecule has 2 fully saturated rings. The molecule has 3 heteroatoms. The van der Waals surface area contributed by atoms with Crippen molar-refractivity contribution >= 4 is 0 Å². The number of hydrogen-bond donors (Lipinski definition) is 1. The van der Waals surface area contributed by atoms with Gasteiger partial charge < -0.3 is 10.2 Å². The summed E-state index contributed by atoms with van der Waals surface area (Å²) in [4.78, 5) is 6.64. The van der Waals surface area contributed by atoms with E-state index in [0.29, 0.717) is 6.04 Å². The molecule has 92 valence electrons. The molecule has 2 bridgehead atoms. The Labute approximate surface area is 103 Å². The van der Waals surface area contributed by atoms with Crippen LogP contribution in [0.5, 0.6) is 0 Å². The van der Waals surface area contributed by atoms with Crippen molar-refractivity contribution in [2.24, 2.45) is 0 Å². The summed E-state index contributed by atoms with van der Waals surface area (Å²) in [6.07, 6.45) is 9.17. The van der Waals surface area contributed by atoms with Gasteiger partial charge in [0.15, 0.2) is 0 Å². The Bertz CT molecular complexity index is 351. The van der Waals surface area contributed by atoms with Crippen LogP contribution in [0.4, 0.5) is 0 Å². The Balaban J connectivity index is 1.54. The van der Waals surface area contributed by atoms with Crippen LogP contribution in [0.2, 0.25) is 0 Å². The normalized spacial score (nSPS) is 32.9. The second-order valence-electron chi connectivity index (χ2n) is 5.46. The van der Waals surface area contributed by atoms with Crippen molar-refractivity contribution in [3.63, 3.8) is 0 Å². The first kappa shape index (κ1) is 11.2. The third kappa shape index (κ3) is 2.35. The van der Waals surface area contributed by atoms with Crippen molar-refractivity contribution in [3.8, 4) is 0 Å².